The maximum Gasteiger partial charge on any atom is 0.145 e. The van der Waals surface area contributed by atoms with Gasteiger partial charge in [-0.05, 0) is 98.9 Å². The van der Waals surface area contributed by atoms with E-state index in [9.17, 15) is 0 Å². The summed E-state index contributed by atoms with van der Waals surface area (Å²) < 4.78 is 9.33. The third kappa shape index (κ3) is 5.29. The fraction of sp³-hybridized carbons (Fsp3) is 0. The molecule has 0 aliphatic carbocycles. The Labute approximate surface area is 341 Å². The molecule has 0 spiro atoms. The molecule has 3 nitrogen and oxygen atoms in total. The smallest absolute Gasteiger partial charge is 0.145 e. The normalized spacial score (nSPS) is 11.7. The molecule has 0 radical (unpaired) electrons. The van der Waals surface area contributed by atoms with Crippen LogP contribution >= 0.6 is 0 Å². The average Bonchev–Trinajstić information content (AvgIpc) is 3.87. The summed E-state index contributed by atoms with van der Waals surface area (Å²) in [6.07, 6.45) is 0. The number of benzene rings is 10. The molecule has 0 atom stereocenters. The minimum Gasteiger partial charge on any atom is -0.455 e. The predicted molar refractivity (Wildman–Crippen MR) is 249 cm³/mol. The predicted octanol–water partition coefficient (Wildman–Crippen LogP) is 15.8. The van der Waals surface area contributed by atoms with E-state index in [1.165, 1.54) is 49.0 Å². The van der Waals surface area contributed by atoms with Crippen LogP contribution in [0.2, 0.25) is 0 Å². The second kappa shape index (κ2) is 13.4. The molecule has 10 aromatic carbocycles. The van der Waals surface area contributed by atoms with Gasteiger partial charge in [-0.15, -0.1) is 0 Å². The largest absolute Gasteiger partial charge is 0.455 e. The Morgan fingerprint density at radius 1 is 0.373 bits per heavy atom. The molecule has 0 saturated carbocycles. The van der Waals surface area contributed by atoms with Crippen molar-refractivity contribution in [2.45, 2.75) is 0 Å². The molecule has 12 rings (SSSR count). The summed E-state index contributed by atoms with van der Waals surface area (Å²) in [5, 5.41) is 9.42. The van der Waals surface area contributed by atoms with Crippen molar-refractivity contribution in [1.82, 2.24) is 4.57 Å². The van der Waals surface area contributed by atoms with Gasteiger partial charge in [0.1, 0.15) is 11.2 Å². The van der Waals surface area contributed by atoms with Gasteiger partial charge in [0.15, 0.2) is 0 Å². The Kier molecular flexibility index (Phi) is 7.54. The van der Waals surface area contributed by atoms with Gasteiger partial charge in [0.05, 0.1) is 27.8 Å². The molecule has 276 valence electrons. The van der Waals surface area contributed by atoms with Crippen LogP contribution in [0.15, 0.2) is 223 Å². The van der Waals surface area contributed by atoms with Crippen LogP contribution < -0.4 is 4.90 Å². The lowest BCUT2D eigenvalue weighted by Gasteiger charge is -2.28. The van der Waals surface area contributed by atoms with Crippen LogP contribution in [0.5, 0.6) is 0 Å². The Bertz CT molecular complexity index is 3540. The molecule has 0 bridgehead atoms. The van der Waals surface area contributed by atoms with E-state index in [1.807, 2.05) is 0 Å². The summed E-state index contributed by atoms with van der Waals surface area (Å²) in [6.45, 7) is 0. The molecule has 0 fully saturated rings. The first-order valence-electron chi connectivity index (χ1n) is 20.2. The lowest BCUT2D eigenvalue weighted by molar-refractivity contribution is 0.670. The molecular formula is C56H36N2O. The highest BCUT2D eigenvalue weighted by Gasteiger charge is 2.26. The van der Waals surface area contributed by atoms with Crippen LogP contribution in [-0.2, 0) is 0 Å². The molecule has 0 aliphatic heterocycles. The quantitative estimate of drug-likeness (QED) is 0.158. The van der Waals surface area contributed by atoms with Crippen molar-refractivity contribution in [1.29, 1.82) is 0 Å². The molecule has 0 aliphatic rings. The SMILES string of the molecule is c1ccc(-c2ccc(-c3ccc(N(c4ccc5ccc6ccccc6c5c4)c4cccc5c4c4ccccc4n5-c4ccccc4)c4c3oc3ccccc34)cc2)cc1. The van der Waals surface area contributed by atoms with Gasteiger partial charge in [0.25, 0.3) is 0 Å². The summed E-state index contributed by atoms with van der Waals surface area (Å²) in [6, 6.07) is 78.7. The standard InChI is InChI=1S/C56H36N2O/c1-3-14-37(15-4-1)38-26-28-40(29-27-38)45-34-35-52(55-47-21-10-12-25-53(47)59-56(45)55)58(43-33-32-41-31-30-39-16-7-8-19-44(39)48(41)36-43)51-24-13-23-50-54(51)46-20-9-11-22-49(46)57(50)42-17-5-2-6-18-42/h1-36H. The van der Waals surface area contributed by atoms with Crippen molar-refractivity contribution in [2.24, 2.45) is 0 Å². The lowest BCUT2D eigenvalue weighted by atomic mass is 9.97. The minimum atomic E-state index is 0.862. The van der Waals surface area contributed by atoms with Gasteiger partial charge in [-0.25, -0.2) is 0 Å². The Morgan fingerprint density at radius 3 is 1.81 bits per heavy atom. The number of hydrogen-bond acceptors (Lipinski definition) is 2. The molecule has 2 heterocycles. The highest BCUT2D eigenvalue weighted by Crippen LogP contribution is 2.50. The summed E-state index contributed by atoms with van der Waals surface area (Å²) in [7, 11) is 0. The van der Waals surface area contributed by atoms with Gasteiger partial charge >= 0.3 is 0 Å². The fourth-order valence-corrected chi connectivity index (χ4v) is 9.28. The van der Waals surface area contributed by atoms with E-state index in [-0.39, 0.29) is 0 Å². The van der Waals surface area contributed by atoms with E-state index in [0.717, 1.165) is 61.3 Å². The number of anilines is 3. The molecule has 0 unspecified atom stereocenters. The number of para-hydroxylation sites is 3. The molecule has 0 amide bonds. The van der Waals surface area contributed by atoms with E-state index < -0.39 is 0 Å². The van der Waals surface area contributed by atoms with Crippen LogP contribution in [0, 0.1) is 0 Å². The zero-order valence-corrected chi connectivity index (χ0v) is 32.1. The summed E-state index contributed by atoms with van der Waals surface area (Å²) in [4.78, 5) is 2.47. The van der Waals surface area contributed by atoms with Crippen molar-refractivity contribution in [2.75, 3.05) is 4.90 Å². The number of fused-ring (bicyclic) bond motifs is 9. The van der Waals surface area contributed by atoms with E-state index in [4.69, 9.17) is 4.42 Å². The maximum atomic E-state index is 6.93. The van der Waals surface area contributed by atoms with Crippen LogP contribution in [0.3, 0.4) is 0 Å². The molecule has 3 heteroatoms. The molecule has 59 heavy (non-hydrogen) atoms. The van der Waals surface area contributed by atoms with Crippen LogP contribution in [-0.4, -0.2) is 4.57 Å². The topological polar surface area (TPSA) is 21.3 Å². The summed E-state index contributed by atoms with van der Waals surface area (Å²) >= 11 is 0. The van der Waals surface area contributed by atoms with Gasteiger partial charge in [0, 0.05) is 33.1 Å². The van der Waals surface area contributed by atoms with Crippen molar-refractivity contribution < 1.29 is 4.42 Å². The van der Waals surface area contributed by atoms with Crippen molar-refractivity contribution >= 4 is 82.4 Å². The molecule has 12 aromatic rings. The minimum absolute atomic E-state index is 0.862. The zero-order chi connectivity index (χ0) is 38.9. The average molecular weight is 753 g/mol. The summed E-state index contributed by atoms with van der Waals surface area (Å²) in [5.74, 6) is 0. The first kappa shape index (κ1) is 33.3. The van der Waals surface area contributed by atoms with Crippen molar-refractivity contribution in [3.05, 3.63) is 218 Å². The van der Waals surface area contributed by atoms with Crippen LogP contribution in [0.25, 0.3) is 93.2 Å². The number of furan rings is 1. The van der Waals surface area contributed by atoms with Gasteiger partial charge in [-0.2, -0.15) is 0 Å². The molecule has 0 saturated heterocycles. The first-order chi connectivity index (χ1) is 29.3. The maximum absolute atomic E-state index is 6.93. The lowest BCUT2D eigenvalue weighted by Crippen LogP contribution is -2.11. The second-order valence-corrected chi connectivity index (χ2v) is 15.3. The van der Waals surface area contributed by atoms with Crippen LogP contribution in [0.1, 0.15) is 0 Å². The van der Waals surface area contributed by atoms with Crippen LogP contribution in [0.4, 0.5) is 17.1 Å². The van der Waals surface area contributed by atoms with Crippen molar-refractivity contribution in [3.8, 4) is 27.9 Å². The summed E-state index contributed by atoms with van der Waals surface area (Å²) in [5.41, 5.74) is 12.9. The second-order valence-electron chi connectivity index (χ2n) is 15.3. The van der Waals surface area contributed by atoms with Gasteiger partial charge in [-0.3, -0.25) is 0 Å². The number of nitrogens with zero attached hydrogens (tertiary/aromatic N) is 2. The van der Waals surface area contributed by atoms with E-state index in [0.29, 0.717) is 0 Å². The van der Waals surface area contributed by atoms with Gasteiger partial charge in [-0.1, -0.05) is 158 Å². The first-order valence-corrected chi connectivity index (χ1v) is 20.2. The third-order valence-corrected chi connectivity index (χ3v) is 12.0. The van der Waals surface area contributed by atoms with E-state index >= 15 is 0 Å². The highest BCUT2D eigenvalue weighted by molar-refractivity contribution is 6.21. The van der Waals surface area contributed by atoms with Gasteiger partial charge in [0.2, 0.25) is 0 Å². The molecule has 2 aromatic heterocycles. The van der Waals surface area contributed by atoms with Crippen molar-refractivity contribution in [3.63, 3.8) is 0 Å². The Hall–Kier alpha value is -7.88. The van der Waals surface area contributed by atoms with Gasteiger partial charge < -0.3 is 13.9 Å². The fourth-order valence-electron chi connectivity index (χ4n) is 9.28. The molecule has 0 N–H and O–H groups in total. The Balaban J connectivity index is 1.17. The Morgan fingerprint density at radius 2 is 0.983 bits per heavy atom. The number of rotatable bonds is 6. The zero-order valence-electron chi connectivity index (χ0n) is 32.1. The number of aromatic nitrogens is 1. The molecular weight excluding hydrogens is 717 g/mol. The highest BCUT2D eigenvalue weighted by atomic mass is 16.3. The monoisotopic (exact) mass is 752 g/mol. The number of hydrogen-bond donors (Lipinski definition) is 0. The third-order valence-electron chi connectivity index (χ3n) is 12.0. The van der Waals surface area contributed by atoms with E-state index in [2.05, 4.69) is 228 Å². The van der Waals surface area contributed by atoms with E-state index in [1.54, 1.807) is 0 Å².